The van der Waals surface area contributed by atoms with Crippen LogP contribution in [0.3, 0.4) is 0 Å². The molecule has 0 saturated carbocycles. The zero-order valence-corrected chi connectivity index (χ0v) is 13.0. The quantitative estimate of drug-likeness (QED) is 0.840. The molecule has 0 aromatic heterocycles. The fourth-order valence-corrected chi connectivity index (χ4v) is 2.62. The first-order valence-corrected chi connectivity index (χ1v) is 7.45. The van der Waals surface area contributed by atoms with E-state index in [1.165, 1.54) is 34.2 Å². The van der Waals surface area contributed by atoms with Gasteiger partial charge in [0.1, 0.15) is 0 Å². The van der Waals surface area contributed by atoms with Crippen molar-refractivity contribution in [3.63, 3.8) is 0 Å². The summed E-state index contributed by atoms with van der Waals surface area (Å²) in [7, 11) is 0. The smallest absolute Gasteiger partial charge is 0.0554 e. The first-order valence-electron chi connectivity index (χ1n) is 7.45. The van der Waals surface area contributed by atoms with Gasteiger partial charge in [0.05, 0.1) is 6.04 Å². The number of hydrogen-bond donors (Lipinski definition) is 1. The van der Waals surface area contributed by atoms with E-state index < -0.39 is 0 Å². The molecule has 0 spiro atoms. The van der Waals surface area contributed by atoms with Crippen LogP contribution in [-0.2, 0) is 0 Å². The van der Waals surface area contributed by atoms with E-state index >= 15 is 0 Å². The topological polar surface area (TPSA) is 26.0 Å². The maximum absolute atomic E-state index is 6.43. The third-order valence-corrected chi connectivity index (χ3v) is 4.24. The minimum absolute atomic E-state index is 0.0402. The van der Waals surface area contributed by atoms with Crippen molar-refractivity contribution in [1.29, 1.82) is 0 Å². The van der Waals surface area contributed by atoms with Crippen LogP contribution >= 0.6 is 0 Å². The maximum atomic E-state index is 6.43. The molecule has 0 fully saturated rings. The van der Waals surface area contributed by atoms with Crippen molar-refractivity contribution in [3.8, 4) is 0 Å². The summed E-state index contributed by atoms with van der Waals surface area (Å²) in [6.07, 6.45) is 1.17. The summed E-state index contributed by atoms with van der Waals surface area (Å²) in [5, 5.41) is 0. The van der Waals surface area contributed by atoms with E-state index in [-0.39, 0.29) is 6.04 Å². The van der Waals surface area contributed by atoms with Crippen molar-refractivity contribution >= 4 is 0 Å². The molecule has 106 valence electrons. The Morgan fingerprint density at radius 3 is 2.10 bits per heavy atom. The van der Waals surface area contributed by atoms with E-state index in [4.69, 9.17) is 5.73 Å². The van der Waals surface area contributed by atoms with Crippen LogP contribution in [0.4, 0.5) is 0 Å². The number of nitrogens with two attached hydrogens (primary N) is 1. The SMILES string of the molecule is CCC(C)c1ccc(C(N)c2ccc(C)cc2C)cc1. The average Bonchev–Trinajstić information content (AvgIpc) is 2.46. The average molecular weight is 267 g/mol. The minimum Gasteiger partial charge on any atom is -0.320 e. The van der Waals surface area contributed by atoms with Gasteiger partial charge in [-0.2, -0.15) is 0 Å². The highest BCUT2D eigenvalue weighted by Gasteiger charge is 2.12. The molecule has 2 rings (SSSR count). The van der Waals surface area contributed by atoms with Crippen LogP contribution in [0, 0.1) is 13.8 Å². The molecule has 0 amide bonds. The third kappa shape index (κ3) is 3.10. The largest absolute Gasteiger partial charge is 0.320 e. The summed E-state index contributed by atoms with van der Waals surface area (Å²) >= 11 is 0. The Bertz CT molecular complexity index is 569. The molecule has 0 radical (unpaired) electrons. The molecule has 2 N–H and O–H groups in total. The van der Waals surface area contributed by atoms with Gasteiger partial charge in [0.2, 0.25) is 0 Å². The molecular formula is C19H25N. The van der Waals surface area contributed by atoms with E-state index in [1.54, 1.807) is 0 Å². The highest BCUT2D eigenvalue weighted by Crippen LogP contribution is 2.26. The van der Waals surface area contributed by atoms with Gasteiger partial charge in [0, 0.05) is 0 Å². The Labute approximate surface area is 122 Å². The molecule has 0 saturated heterocycles. The molecule has 20 heavy (non-hydrogen) atoms. The number of benzene rings is 2. The Kier molecular flexibility index (Phi) is 4.61. The van der Waals surface area contributed by atoms with Crippen molar-refractivity contribution in [2.75, 3.05) is 0 Å². The fourth-order valence-electron chi connectivity index (χ4n) is 2.62. The maximum Gasteiger partial charge on any atom is 0.0554 e. The summed E-state index contributed by atoms with van der Waals surface area (Å²) in [6, 6.07) is 15.2. The number of rotatable bonds is 4. The zero-order valence-electron chi connectivity index (χ0n) is 13.0. The van der Waals surface area contributed by atoms with Gasteiger partial charge in [0.15, 0.2) is 0 Å². The van der Waals surface area contributed by atoms with Gasteiger partial charge in [-0.3, -0.25) is 0 Å². The molecule has 2 atom stereocenters. The van der Waals surface area contributed by atoms with Gasteiger partial charge in [-0.25, -0.2) is 0 Å². The highest BCUT2D eigenvalue weighted by molar-refractivity contribution is 5.39. The molecule has 0 aliphatic carbocycles. The van der Waals surface area contributed by atoms with Crippen LogP contribution in [-0.4, -0.2) is 0 Å². The van der Waals surface area contributed by atoms with Crippen LogP contribution in [0.2, 0.25) is 0 Å². The fraction of sp³-hybridized carbons (Fsp3) is 0.368. The van der Waals surface area contributed by atoms with Crippen LogP contribution < -0.4 is 5.73 Å². The van der Waals surface area contributed by atoms with Crippen LogP contribution in [0.25, 0.3) is 0 Å². The van der Waals surface area contributed by atoms with E-state index in [1.807, 2.05) is 0 Å². The number of aryl methyl sites for hydroxylation is 2. The lowest BCUT2D eigenvalue weighted by atomic mass is 9.92. The molecule has 0 heterocycles. The Balaban J connectivity index is 2.26. The summed E-state index contributed by atoms with van der Waals surface area (Å²) in [5.41, 5.74) is 12.8. The van der Waals surface area contributed by atoms with E-state index in [0.29, 0.717) is 5.92 Å². The van der Waals surface area contributed by atoms with Crippen molar-refractivity contribution in [2.24, 2.45) is 5.73 Å². The predicted octanol–water partition coefficient (Wildman–Crippen LogP) is 4.87. The second-order valence-electron chi connectivity index (χ2n) is 5.81. The lowest BCUT2D eigenvalue weighted by Gasteiger charge is -2.17. The van der Waals surface area contributed by atoms with E-state index in [0.717, 1.165) is 0 Å². The van der Waals surface area contributed by atoms with Gasteiger partial charge < -0.3 is 5.73 Å². The first-order chi connectivity index (χ1) is 9.52. The van der Waals surface area contributed by atoms with E-state index in [2.05, 4.69) is 70.2 Å². The summed E-state index contributed by atoms with van der Waals surface area (Å²) < 4.78 is 0. The van der Waals surface area contributed by atoms with Crippen molar-refractivity contribution in [3.05, 3.63) is 70.3 Å². The summed E-state index contributed by atoms with van der Waals surface area (Å²) in [5.74, 6) is 0.612. The standard InChI is InChI=1S/C19H25N/c1-5-14(3)16-7-9-17(10-8-16)19(20)18-11-6-13(2)12-15(18)4/h6-12,14,19H,5,20H2,1-4H3. The van der Waals surface area contributed by atoms with Crippen LogP contribution in [0.5, 0.6) is 0 Å². The van der Waals surface area contributed by atoms with E-state index in [9.17, 15) is 0 Å². The van der Waals surface area contributed by atoms with Gasteiger partial charge >= 0.3 is 0 Å². The molecule has 2 aromatic rings. The lowest BCUT2D eigenvalue weighted by molar-refractivity contribution is 0.732. The Morgan fingerprint density at radius 2 is 1.55 bits per heavy atom. The summed E-state index contributed by atoms with van der Waals surface area (Å²) in [6.45, 7) is 8.73. The molecule has 0 aliphatic heterocycles. The Hall–Kier alpha value is -1.60. The minimum atomic E-state index is -0.0402. The molecular weight excluding hydrogens is 242 g/mol. The summed E-state index contributed by atoms with van der Waals surface area (Å²) in [4.78, 5) is 0. The van der Waals surface area contributed by atoms with Crippen molar-refractivity contribution < 1.29 is 0 Å². The normalized spacial score (nSPS) is 14.1. The second-order valence-corrected chi connectivity index (χ2v) is 5.81. The third-order valence-electron chi connectivity index (χ3n) is 4.24. The van der Waals surface area contributed by atoms with Gasteiger partial charge in [0.25, 0.3) is 0 Å². The Morgan fingerprint density at radius 1 is 0.950 bits per heavy atom. The van der Waals surface area contributed by atoms with Gasteiger partial charge in [-0.05, 0) is 48.4 Å². The molecule has 2 unspecified atom stereocenters. The molecule has 0 aliphatic rings. The predicted molar refractivity (Wildman–Crippen MR) is 87.1 cm³/mol. The van der Waals surface area contributed by atoms with Crippen LogP contribution in [0.15, 0.2) is 42.5 Å². The molecule has 2 aromatic carbocycles. The molecule has 1 nitrogen and oxygen atoms in total. The van der Waals surface area contributed by atoms with Gasteiger partial charge in [-0.15, -0.1) is 0 Å². The first kappa shape index (κ1) is 14.8. The molecule has 1 heteroatoms. The van der Waals surface area contributed by atoms with Crippen molar-refractivity contribution in [2.45, 2.75) is 46.1 Å². The lowest BCUT2D eigenvalue weighted by Crippen LogP contribution is -2.13. The second kappa shape index (κ2) is 6.23. The molecule has 0 bridgehead atoms. The van der Waals surface area contributed by atoms with Crippen LogP contribution in [0.1, 0.15) is 60.0 Å². The zero-order chi connectivity index (χ0) is 14.7. The highest BCUT2D eigenvalue weighted by atomic mass is 14.6. The van der Waals surface area contributed by atoms with Crippen molar-refractivity contribution in [1.82, 2.24) is 0 Å². The van der Waals surface area contributed by atoms with Gasteiger partial charge in [-0.1, -0.05) is 61.9 Å². The number of hydrogen-bond acceptors (Lipinski definition) is 1. The monoisotopic (exact) mass is 267 g/mol.